The number of anilines is 1. The van der Waals surface area contributed by atoms with E-state index >= 15 is 0 Å². The first-order valence-corrected chi connectivity index (χ1v) is 8.05. The average molecular weight is 338 g/mol. The number of benzene rings is 2. The van der Waals surface area contributed by atoms with E-state index in [-0.39, 0.29) is 17.6 Å². The summed E-state index contributed by atoms with van der Waals surface area (Å²) in [4.78, 5) is 12.4. The molecule has 25 heavy (non-hydrogen) atoms. The number of carbonyl (C=O) groups is 1. The van der Waals surface area contributed by atoms with Gasteiger partial charge in [0.2, 0.25) is 5.91 Å². The molecule has 2 N–H and O–H groups in total. The van der Waals surface area contributed by atoms with Gasteiger partial charge in [0, 0.05) is 0 Å². The number of rotatable bonds is 6. The van der Waals surface area contributed by atoms with Crippen LogP contribution in [-0.4, -0.2) is 11.9 Å². The zero-order chi connectivity index (χ0) is 17.6. The molecule has 5 heteroatoms. The fraction of sp³-hybridized carbons (Fsp3) is 0.150. The van der Waals surface area contributed by atoms with Crippen LogP contribution in [0.4, 0.5) is 10.1 Å². The van der Waals surface area contributed by atoms with E-state index in [2.05, 4.69) is 10.6 Å². The van der Waals surface area contributed by atoms with E-state index in [0.717, 1.165) is 5.56 Å². The van der Waals surface area contributed by atoms with E-state index in [9.17, 15) is 9.18 Å². The lowest BCUT2D eigenvalue weighted by atomic mass is 10.0. The Kier molecular flexibility index (Phi) is 5.26. The molecule has 3 rings (SSSR count). The van der Waals surface area contributed by atoms with Crippen molar-refractivity contribution in [1.29, 1.82) is 0 Å². The number of amides is 1. The van der Waals surface area contributed by atoms with Crippen molar-refractivity contribution in [3.05, 3.63) is 90.1 Å². The molecule has 0 aliphatic heterocycles. The number of nitrogens with one attached hydrogen (secondary N) is 2. The topological polar surface area (TPSA) is 54.3 Å². The van der Waals surface area contributed by atoms with Gasteiger partial charge in [-0.2, -0.15) is 0 Å². The predicted octanol–water partition coefficient (Wildman–Crippen LogP) is 4.12. The largest absolute Gasteiger partial charge is 0.467 e. The third-order valence-corrected chi connectivity index (χ3v) is 3.90. The van der Waals surface area contributed by atoms with Crippen molar-refractivity contribution in [3.63, 3.8) is 0 Å². The van der Waals surface area contributed by atoms with Crippen LogP contribution in [0.2, 0.25) is 0 Å². The summed E-state index contributed by atoms with van der Waals surface area (Å²) < 4.78 is 19.2. The van der Waals surface area contributed by atoms with Gasteiger partial charge < -0.3 is 9.73 Å². The lowest BCUT2D eigenvalue weighted by molar-refractivity contribution is -0.117. The molecule has 0 fully saturated rings. The van der Waals surface area contributed by atoms with E-state index in [1.807, 2.05) is 36.4 Å². The molecule has 0 saturated carbocycles. The number of para-hydroxylation sites is 1. The molecule has 0 unspecified atom stereocenters. The minimum Gasteiger partial charge on any atom is -0.467 e. The first-order valence-electron chi connectivity index (χ1n) is 8.05. The van der Waals surface area contributed by atoms with Gasteiger partial charge in [0.25, 0.3) is 0 Å². The Balaban J connectivity index is 1.75. The van der Waals surface area contributed by atoms with Gasteiger partial charge in [-0.25, -0.2) is 4.39 Å². The Hall–Kier alpha value is -2.92. The van der Waals surface area contributed by atoms with Gasteiger partial charge in [-0.3, -0.25) is 10.1 Å². The van der Waals surface area contributed by atoms with Gasteiger partial charge in [-0.1, -0.05) is 42.5 Å². The molecule has 1 aromatic heterocycles. The summed E-state index contributed by atoms with van der Waals surface area (Å²) in [6.07, 6.45) is 1.59. The molecule has 0 aliphatic rings. The van der Waals surface area contributed by atoms with Crippen LogP contribution < -0.4 is 10.6 Å². The van der Waals surface area contributed by atoms with Crippen molar-refractivity contribution >= 4 is 11.6 Å². The van der Waals surface area contributed by atoms with Gasteiger partial charge in [0.05, 0.1) is 24.0 Å². The van der Waals surface area contributed by atoms with Crippen LogP contribution in [0.1, 0.15) is 24.3 Å². The van der Waals surface area contributed by atoms with Crippen molar-refractivity contribution < 1.29 is 13.6 Å². The predicted molar refractivity (Wildman–Crippen MR) is 94.6 cm³/mol. The minimum atomic E-state index is -0.560. The molecule has 0 spiro atoms. The quantitative estimate of drug-likeness (QED) is 0.711. The molecular weight excluding hydrogens is 319 g/mol. The first-order chi connectivity index (χ1) is 12.1. The zero-order valence-corrected chi connectivity index (χ0v) is 13.8. The summed E-state index contributed by atoms with van der Waals surface area (Å²) >= 11 is 0. The maximum absolute atomic E-state index is 13.7. The highest BCUT2D eigenvalue weighted by Gasteiger charge is 2.23. The molecule has 4 nitrogen and oxygen atoms in total. The summed E-state index contributed by atoms with van der Waals surface area (Å²) in [6, 6.07) is 18.6. The minimum absolute atomic E-state index is 0.162. The van der Waals surface area contributed by atoms with Crippen LogP contribution in [0.25, 0.3) is 0 Å². The van der Waals surface area contributed by atoms with Crippen molar-refractivity contribution in [3.8, 4) is 0 Å². The normalized spacial score (nSPS) is 13.2. The Labute approximate surface area is 145 Å². The second-order valence-electron chi connectivity index (χ2n) is 5.72. The number of carbonyl (C=O) groups excluding carboxylic acids is 1. The molecule has 1 heterocycles. The molecule has 2 aromatic carbocycles. The standard InChI is InChI=1S/C20H19FN2O2/c1-14(20(24)23-17-11-6-5-10-16(17)21)22-19(18-12-7-13-25-18)15-8-3-2-4-9-15/h2-14,19,22H,1H3,(H,23,24)/t14-,19-/m0/s1. The smallest absolute Gasteiger partial charge is 0.241 e. The second-order valence-corrected chi connectivity index (χ2v) is 5.72. The third kappa shape index (κ3) is 4.14. The molecule has 0 saturated heterocycles. The van der Waals surface area contributed by atoms with Crippen LogP contribution in [-0.2, 0) is 4.79 Å². The van der Waals surface area contributed by atoms with E-state index in [0.29, 0.717) is 5.76 Å². The highest BCUT2D eigenvalue weighted by Crippen LogP contribution is 2.23. The average Bonchev–Trinajstić information content (AvgIpc) is 3.16. The van der Waals surface area contributed by atoms with Crippen LogP contribution in [0.3, 0.4) is 0 Å². The van der Waals surface area contributed by atoms with Crippen molar-refractivity contribution in [2.24, 2.45) is 0 Å². The van der Waals surface area contributed by atoms with E-state index in [1.165, 1.54) is 12.1 Å². The summed E-state index contributed by atoms with van der Waals surface area (Å²) in [5, 5.41) is 5.85. The van der Waals surface area contributed by atoms with Gasteiger partial charge in [-0.15, -0.1) is 0 Å². The molecule has 128 valence electrons. The van der Waals surface area contributed by atoms with Crippen LogP contribution in [0.5, 0.6) is 0 Å². The maximum atomic E-state index is 13.7. The molecule has 2 atom stereocenters. The Morgan fingerprint density at radius 2 is 1.72 bits per heavy atom. The fourth-order valence-corrected chi connectivity index (χ4v) is 2.57. The summed E-state index contributed by atoms with van der Waals surface area (Å²) in [7, 11) is 0. The van der Waals surface area contributed by atoms with Gasteiger partial charge in [0.15, 0.2) is 0 Å². The van der Waals surface area contributed by atoms with Gasteiger partial charge in [-0.05, 0) is 36.8 Å². The zero-order valence-electron chi connectivity index (χ0n) is 13.8. The molecule has 3 aromatic rings. The van der Waals surface area contributed by atoms with E-state index < -0.39 is 11.9 Å². The summed E-state index contributed by atoms with van der Waals surface area (Å²) in [6.45, 7) is 1.73. The van der Waals surface area contributed by atoms with Crippen LogP contribution >= 0.6 is 0 Å². The number of hydrogen-bond donors (Lipinski definition) is 2. The molecule has 0 aliphatic carbocycles. The monoisotopic (exact) mass is 338 g/mol. The number of halogens is 1. The Morgan fingerprint density at radius 3 is 2.40 bits per heavy atom. The Morgan fingerprint density at radius 1 is 1.00 bits per heavy atom. The van der Waals surface area contributed by atoms with Gasteiger partial charge in [0.1, 0.15) is 11.6 Å². The highest BCUT2D eigenvalue weighted by molar-refractivity contribution is 5.94. The third-order valence-electron chi connectivity index (χ3n) is 3.90. The molecule has 1 amide bonds. The van der Waals surface area contributed by atoms with Crippen molar-refractivity contribution in [2.45, 2.75) is 19.0 Å². The second kappa shape index (κ2) is 7.77. The van der Waals surface area contributed by atoms with E-state index in [4.69, 9.17) is 4.42 Å². The number of furan rings is 1. The first kappa shape index (κ1) is 16.9. The van der Waals surface area contributed by atoms with Crippen LogP contribution in [0.15, 0.2) is 77.4 Å². The van der Waals surface area contributed by atoms with Crippen molar-refractivity contribution in [2.75, 3.05) is 5.32 Å². The highest BCUT2D eigenvalue weighted by atomic mass is 19.1. The molecule has 0 radical (unpaired) electrons. The van der Waals surface area contributed by atoms with E-state index in [1.54, 1.807) is 31.4 Å². The van der Waals surface area contributed by atoms with Crippen molar-refractivity contribution in [1.82, 2.24) is 5.32 Å². The Bertz CT molecular complexity index is 819. The van der Waals surface area contributed by atoms with Crippen LogP contribution in [0, 0.1) is 5.82 Å². The lowest BCUT2D eigenvalue weighted by Gasteiger charge is -2.22. The fourth-order valence-electron chi connectivity index (χ4n) is 2.57. The van der Waals surface area contributed by atoms with Gasteiger partial charge >= 0.3 is 0 Å². The molecule has 0 bridgehead atoms. The SMILES string of the molecule is C[C@H](N[C@@H](c1ccccc1)c1ccco1)C(=O)Nc1ccccc1F. The maximum Gasteiger partial charge on any atom is 0.241 e. The summed E-state index contributed by atoms with van der Waals surface area (Å²) in [5.41, 5.74) is 1.14. The lowest BCUT2D eigenvalue weighted by Crippen LogP contribution is -2.40. The molecular formula is C20H19FN2O2. The summed E-state index contributed by atoms with van der Waals surface area (Å²) in [5.74, 6) is -0.0805. The number of hydrogen-bond acceptors (Lipinski definition) is 3.